The van der Waals surface area contributed by atoms with Gasteiger partial charge in [0.1, 0.15) is 6.54 Å². The third-order valence-corrected chi connectivity index (χ3v) is 4.02. The van der Waals surface area contributed by atoms with E-state index in [1.165, 1.54) is 0 Å². The van der Waals surface area contributed by atoms with Crippen molar-refractivity contribution in [2.24, 2.45) is 5.92 Å². The van der Waals surface area contributed by atoms with Crippen LogP contribution < -0.4 is 5.32 Å². The summed E-state index contributed by atoms with van der Waals surface area (Å²) in [5.74, 6) is -1.51. The van der Waals surface area contributed by atoms with Crippen molar-refractivity contribution in [2.75, 3.05) is 18.4 Å². The Labute approximate surface area is 130 Å². The zero-order valence-electron chi connectivity index (χ0n) is 12.3. The molecule has 23 heavy (non-hydrogen) atoms. The summed E-state index contributed by atoms with van der Waals surface area (Å²) < 4.78 is 37.2. The fourth-order valence-electron chi connectivity index (χ4n) is 2.76. The molecule has 1 N–H and O–H groups in total. The highest BCUT2D eigenvalue weighted by Gasteiger charge is 2.40. The highest BCUT2D eigenvalue weighted by Crippen LogP contribution is 2.42. The smallest absolute Gasteiger partial charge is 0.333 e. The number of likely N-dealkylation sites (tertiary alicyclic amines) is 1. The zero-order chi connectivity index (χ0) is 16.6. The summed E-state index contributed by atoms with van der Waals surface area (Å²) in [5.41, 5.74) is 1.39. The van der Waals surface area contributed by atoms with Gasteiger partial charge in [0.15, 0.2) is 0 Å². The van der Waals surface area contributed by atoms with Crippen LogP contribution in [-0.4, -0.2) is 41.0 Å². The highest BCUT2D eigenvalue weighted by molar-refractivity contribution is 5.97. The van der Waals surface area contributed by atoms with E-state index in [9.17, 15) is 22.8 Å². The molecule has 1 saturated carbocycles. The van der Waals surface area contributed by atoms with E-state index in [1.54, 1.807) is 18.3 Å². The maximum Gasteiger partial charge on any atom is 0.406 e. The van der Waals surface area contributed by atoms with E-state index < -0.39 is 30.5 Å². The molecular weight excluding hydrogens is 311 g/mol. The molecule has 0 radical (unpaired) electrons. The van der Waals surface area contributed by atoms with Gasteiger partial charge in [-0.2, -0.15) is 13.2 Å². The minimum atomic E-state index is -4.45. The van der Waals surface area contributed by atoms with Crippen LogP contribution in [0.1, 0.15) is 30.9 Å². The van der Waals surface area contributed by atoms with Gasteiger partial charge in [0.2, 0.25) is 11.8 Å². The predicted octanol–water partition coefficient (Wildman–Crippen LogP) is 2.31. The molecule has 2 heterocycles. The summed E-state index contributed by atoms with van der Waals surface area (Å²) in [6.45, 7) is -1.51. The molecule has 2 aliphatic rings. The van der Waals surface area contributed by atoms with Crippen LogP contribution in [0.2, 0.25) is 0 Å². The van der Waals surface area contributed by atoms with Gasteiger partial charge in [-0.15, -0.1) is 0 Å². The average Bonchev–Trinajstić information content (AvgIpc) is 3.24. The molecule has 124 valence electrons. The Morgan fingerprint density at radius 3 is 2.78 bits per heavy atom. The summed E-state index contributed by atoms with van der Waals surface area (Å²) >= 11 is 0. The number of nitrogens with one attached hydrogen (secondary N) is 1. The average molecular weight is 327 g/mol. The van der Waals surface area contributed by atoms with Crippen molar-refractivity contribution in [2.45, 2.75) is 31.4 Å². The maximum absolute atomic E-state index is 12.4. The van der Waals surface area contributed by atoms with Crippen LogP contribution in [0.15, 0.2) is 18.3 Å². The van der Waals surface area contributed by atoms with Gasteiger partial charge >= 0.3 is 6.18 Å². The SMILES string of the molecule is O=C(Nc1cccnc1C1CC1)C1CC(=O)N(CC(F)(F)F)C1. The number of aromatic nitrogens is 1. The van der Waals surface area contributed by atoms with E-state index >= 15 is 0 Å². The van der Waals surface area contributed by atoms with Crippen molar-refractivity contribution in [3.63, 3.8) is 0 Å². The van der Waals surface area contributed by atoms with Gasteiger partial charge in [0.05, 0.1) is 17.3 Å². The third kappa shape index (κ3) is 3.80. The van der Waals surface area contributed by atoms with Crippen molar-refractivity contribution in [3.05, 3.63) is 24.0 Å². The minimum Gasteiger partial charge on any atom is -0.333 e. The molecule has 2 amide bonds. The van der Waals surface area contributed by atoms with Gasteiger partial charge in [-0.25, -0.2) is 0 Å². The second-order valence-corrected chi connectivity index (χ2v) is 5.99. The molecule has 1 aromatic rings. The largest absolute Gasteiger partial charge is 0.406 e. The molecule has 5 nitrogen and oxygen atoms in total. The van der Waals surface area contributed by atoms with Gasteiger partial charge in [-0.3, -0.25) is 14.6 Å². The first kappa shape index (κ1) is 15.8. The summed E-state index contributed by atoms with van der Waals surface area (Å²) in [5, 5.41) is 2.72. The van der Waals surface area contributed by atoms with Gasteiger partial charge in [-0.1, -0.05) is 0 Å². The molecule has 1 saturated heterocycles. The van der Waals surface area contributed by atoms with Gasteiger partial charge in [0.25, 0.3) is 0 Å². The standard InChI is InChI=1S/C15H16F3N3O2/c16-15(17,18)8-21-7-10(6-12(21)22)14(23)20-11-2-1-5-19-13(11)9-3-4-9/h1-2,5,9-10H,3-4,6-8H2,(H,20,23). The normalized spacial score (nSPS) is 21.6. The third-order valence-electron chi connectivity index (χ3n) is 4.02. The fourth-order valence-corrected chi connectivity index (χ4v) is 2.76. The second kappa shape index (κ2) is 5.82. The van der Waals surface area contributed by atoms with Crippen LogP contribution in [0.5, 0.6) is 0 Å². The Balaban J connectivity index is 1.64. The summed E-state index contributed by atoms with van der Waals surface area (Å²) in [4.78, 5) is 28.9. The van der Waals surface area contributed by atoms with Crippen molar-refractivity contribution in [3.8, 4) is 0 Å². The molecule has 8 heteroatoms. The van der Waals surface area contributed by atoms with E-state index in [0.717, 1.165) is 18.5 Å². The lowest BCUT2D eigenvalue weighted by Gasteiger charge is -2.18. The topological polar surface area (TPSA) is 62.3 Å². The van der Waals surface area contributed by atoms with Crippen molar-refractivity contribution in [1.29, 1.82) is 0 Å². The van der Waals surface area contributed by atoms with Gasteiger partial charge in [-0.05, 0) is 25.0 Å². The molecule has 0 spiro atoms. The first-order chi connectivity index (χ1) is 10.8. The summed E-state index contributed by atoms with van der Waals surface area (Å²) in [6.07, 6.45) is -0.972. The van der Waals surface area contributed by atoms with Crippen LogP contribution >= 0.6 is 0 Å². The number of hydrogen-bond donors (Lipinski definition) is 1. The number of hydrogen-bond acceptors (Lipinski definition) is 3. The van der Waals surface area contributed by atoms with E-state index in [-0.39, 0.29) is 13.0 Å². The minimum absolute atomic E-state index is 0.194. The molecule has 1 aromatic heterocycles. The summed E-state index contributed by atoms with van der Waals surface area (Å²) in [6, 6.07) is 3.42. The number of alkyl halides is 3. The Hall–Kier alpha value is -2.12. The molecule has 1 atom stereocenters. The van der Waals surface area contributed by atoms with Crippen LogP contribution in [0, 0.1) is 5.92 Å². The molecule has 1 aliphatic heterocycles. The molecule has 3 rings (SSSR count). The molecule has 0 aromatic carbocycles. The van der Waals surface area contributed by atoms with Crippen LogP contribution in [0.4, 0.5) is 18.9 Å². The lowest BCUT2D eigenvalue weighted by molar-refractivity contribution is -0.157. The van der Waals surface area contributed by atoms with Crippen molar-refractivity contribution < 1.29 is 22.8 Å². The first-order valence-electron chi connectivity index (χ1n) is 7.44. The number of carbonyl (C=O) groups is 2. The van der Waals surface area contributed by atoms with Crippen molar-refractivity contribution in [1.82, 2.24) is 9.88 Å². The number of carbonyl (C=O) groups excluding carboxylic acids is 2. The number of anilines is 1. The lowest BCUT2D eigenvalue weighted by atomic mass is 10.1. The number of nitrogens with zero attached hydrogens (tertiary/aromatic N) is 2. The van der Waals surface area contributed by atoms with Gasteiger partial charge < -0.3 is 10.2 Å². The van der Waals surface area contributed by atoms with E-state index in [4.69, 9.17) is 0 Å². The Kier molecular flexibility index (Phi) is 3.99. The van der Waals surface area contributed by atoms with E-state index in [1.807, 2.05) is 0 Å². The van der Waals surface area contributed by atoms with Crippen LogP contribution in [0.25, 0.3) is 0 Å². The first-order valence-corrected chi connectivity index (χ1v) is 7.44. The Bertz CT molecular complexity index is 629. The molecule has 2 fully saturated rings. The molecule has 1 unspecified atom stereocenters. The Morgan fingerprint density at radius 2 is 2.13 bits per heavy atom. The summed E-state index contributed by atoms with van der Waals surface area (Å²) in [7, 11) is 0. The molecule has 0 bridgehead atoms. The lowest BCUT2D eigenvalue weighted by Crippen LogP contribution is -2.36. The van der Waals surface area contributed by atoms with Gasteiger partial charge in [0, 0.05) is 25.1 Å². The quantitative estimate of drug-likeness (QED) is 0.923. The fraction of sp³-hybridized carbons (Fsp3) is 0.533. The van der Waals surface area contributed by atoms with E-state index in [2.05, 4.69) is 10.3 Å². The van der Waals surface area contributed by atoms with Crippen LogP contribution in [0.3, 0.4) is 0 Å². The second-order valence-electron chi connectivity index (χ2n) is 5.99. The molecular formula is C15H16F3N3O2. The number of amides is 2. The predicted molar refractivity (Wildman–Crippen MR) is 75.6 cm³/mol. The zero-order valence-corrected chi connectivity index (χ0v) is 12.3. The maximum atomic E-state index is 12.4. The highest BCUT2D eigenvalue weighted by atomic mass is 19.4. The monoisotopic (exact) mass is 327 g/mol. The number of rotatable bonds is 4. The van der Waals surface area contributed by atoms with E-state index in [0.29, 0.717) is 16.5 Å². The molecule has 1 aliphatic carbocycles. The Morgan fingerprint density at radius 1 is 1.39 bits per heavy atom. The van der Waals surface area contributed by atoms with Crippen molar-refractivity contribution >= 4 is 17.5 Å². The number of pyridine rings is 1. The number of halogens is 3. The van der Waals surface area contributed by atoms with Crippen LogP contribution in [-0.2, 0) is 9.59 Å².